The number of H-pyrrole nitrogens is 2. The molecule has 7 heteroatoms. The molecule has 1 aliphatic rings. The van der Waals surface area contributed by atoms with E-state index in [1.165, 1.54) is 16.4 Å². The average molecular weight is 329 g/mol. The van der Waals surface area contributed by atoms with Gasteiger partial charge in [0.05, 0.1) is 21.6 Å². The van der Waals surface area contributed by atoms with Crippen molar-refractivity contribution in [2.45, 2.75) is 18.2 Å². The summed E-state index contributed by atoms with van der Waals surface area (Å²) < 4.78 is 27.4. The van der Waals surface area contributed by atoms with Crippen molar-refractivity contribution in [3.63, 3.8) is 0 Å². The maximum Gasteiger partial charge on any atom is 0.323 e. The Balaban J connectivity index is 1.83. The molecule has 23 heavy (non-hydrogen) atoms. The van der Waals surface area contributed by atoms with E-state index in [1.54, 1.807) is 6.07 Å². The predicted molar refractivity (Wildman–Crippen MR) is 88.3 cm³/mol. The van der Waals surface area contributed by atoms with Crippen molar-refractivity contribution >= 4 is 26.7 Å². The summed E-state index contributed by atoms with van der Waals surface area (Å²) in [5, 5.41) is 0. The van der Waals surface area contributed by atoms with Crippen LogP contribution in [0.15, 0.2) is 46.1 Å². The highest BCUT2D eigenvalue weighted by Crippen LogP contribution is 2.33. The smallest absolute Gasteiger partial charge is 0.306 e. The number of rotatable bonds is 2. The van der Waals surface area contributed by atoms with Crippen LogP contribution >= 0.6 is 0 Å². The van der Waals surface area contributed by atoms with E-state index in [0.717, 1.165) is 16.8 Å². The molecule has 1 aliphatic heterocycles. The van der Waals surface area contributed by atoms with Gasteiger partial charge in [-0.15, -0.1) is 0 Å². The Morgan fingerprint density at radius 3 is 2.65 bits per heavy atom. The maximum atomic E-state index is 13.0. The van der Waals surface area contributed by atoms with Crippen LogP contribution in [0.3, 0.4) is 0 Å². The molecule has 1 aromatic heterocycles. The van der Waals surface area contributed by atoms with Crippen LogP contribution in [0.2, 0.25) is 0 Å². The van der Waals surface area contributed by atoms with Crippen LogP contribution in [0, 0.1) is 6.92 Å². The zero-order chi connectivity index (χ0) is 16.2. The van der Waals surface area contributed by atoms with Crippen molar-refractivity contribution in [2.75, 3.05) is 10.8 Å². The predicted octanol–water partition coefficient (Wildman–Crippen LogP) is 1.92. The minimum atomic E-state index is -3.65. The van der Waals surface area contributed by atoms with E-state index >= 15 is 0 Å². The molecule has 6 nitrogen and oxygen atoms in total. The molecule has 0 aliphatic carbocycles. The van der Waals surface area contributed by atoms with Gasteiger partial charge in [0.2, 0.25) is 0 Å². The molecule has 0 saturated carbocycles. The third-order valence-electron chi connectivity index (χ3n) is 4.16. The van der Waals surface area contributed by atoms with Crippen molar-refractivity contribution in [1.82, 2.24) is 9.97 Å². The fourth-order valence-corrected chi connectivity index (χ4v) is 4.58. The van der Waals surface area contributed by atoms with E-state index in [1.807, 2.05) is 25.1 Å². The normalized spacial score (nSPS) is 14.4. The van der Waals surface area contributed by atoms with Gasteiger partial charge < -0.3 is 9.97 Å². The first kappa shape index (κ1) is 14.1. The Morgan fingerprint density at radius 1 is 1.04 bits per heavy atom. The summed E-state index contributed by atoms with van der Waals surface area (Å²) in [5.41, 5.74) is 3.62. The number of hydrogen-bond donors (Lipinski definition) is 2. The number of aromatic nitrogens is 2. The van der Waals surface area contributed by atoms with Gasteiger partial charge in [0.1, 0.15) is 0 Å². The number of fused-ring (bicyclic) bond motifs is 2. The lowest BCUT2D eigenvalue weighted by molar-refractivity contribution is 0.592. The first-order chi connectivity index (χ1) is 10.9. The van der Waals surface area contributed by atoms with Gasteiger partial charge in [-0.25, -0.2) is 13.2 Å². The second-order valence-electron chi connectivity index (χ2n) is 5.75. The van der Waals surface area contributed by atoms with Crippen LogP contribution in [0.4, 0.5) is 5.69 Å². The molecule has 0 fully saturated rings. The van der Waals surface area contributed by atoms with Crippen LogP contribution in [0.25, 0.3) is 11.0 Å². The van der Waals surface area contributed by atoms with Crippen LogP contribution in [-0.2, 0) is 16.4 Å². The van der Waals surface area contributed by atoms with Crippen LogP contribution in [0.5, 0.6) is 0 Å². The van der Waals surface area contributed by atoms with E-state index in [9.17, 15) is 13.2 Å². The van der Waals surface area contributed by atoms with E-state index < -0.39 is 10.0 Å². The first-order valence-corrected chi connectivity index (χ1v) is 8.73. The Labute approximate surface area is 132 Å². The largest absolute Gasteiger partial charge is 0.323 e. The van der Waals surface area contributed by atoms with Gasteiger partial charge in [-0.2, -0.15) is 0 Å². The average Bonchev–Trinajstić information content (AvgIpc) is 3.08. The van der Waals surface area contributed by atoms with Crippen molar-refractivity contribution in [3.05, 3.63) is 58.0 Å². The molecule has 0 spiro atoms. The maximum absolute atomic E-state index is 13.0. The second-order valence-corrected chi connectivity index (χ2v) is 7.61. The molecule has 0 bridgehead atoms. The Morgan fingerprint density at radius 2 is 1.83 bits per heavy atom. The van der Waals surface area contributed by atoms with Gasteiger partial charge in [0.25, 0.3) is 10.0 Å². The number of hydrogen-bond acceptors (Lipinski definition) is 3. The van der Waals surface area contributed by atoms with E-state index in [2.05, 4.69) is 9.97 Å². The van der Waals surface area contributed by atoms with Gasteiger partial charge in [-0.05, 0) is 43.2 Å². The van der Waals surface area contributed by atoms with E-state index in [0.29, 0.717) is 24.0 Å². The number of aromatic amines is 2. The molecular weight excluding hydrogens is 314 g/mol. The quantitative estimate of drug-likeness (QED) is 0.753. The fraction of sp³-hybridized carbons (Fsp3) is 0.188. The van der Waals surface area contributed by atoms with Gasteiger partial charge in [0.15, 0.2) is 0 Å². The van der Waals surface area contributed by atoms with Gasteiger partial charge in [-0.3, -0.25) is 4.31 Å². The molecule has 2 heterocycles. The minimum Gasteiger partial charge on any atom is -0.306 e. The molecule has 0 radical (unpaired) electrons. The van der Waals surface area contributed by atoms with Crippen molar-refractivity contribution in [2.24, 2.45) is 0 Å². The highest BCUT2D eigenvalue weighted by atomic mass is 32.2. The van der Waals surface area contributed by atoms with E-state index in [4.69, 9.17) is 0 Å². The standard InChI is InChI=1S/C16H15N3O3S/c1-10-2-5-15-11(8-10)6-7-19(15)23(21,22)12-3-4-13-14(9-12)18-16(20)17-13/h2-5,8-9H,6-7H2,1H3,(H2,17,18,20). The molecule has 4 rings (SSSR count). The van der Waals surface area contributed by atoms with E-state index in [-0.39, 0.29) is 10.6 Å². The van der Waals surface area contributed by atoms with Crippen molar-refractivity contribution < 1.29 is 8.42 Å². The summed E-state index contributed by atoms with van der Waals surface area (Å²) in [6.45, 7) is 2.43. The number of imidazole rings is 1. The minimum absolute atomic E-state index is 0.175. The molecule has 2 N–H and O–H groups in total. The molecule has 0 saturated heterocycles. The molecular formula is C16H15N3O3S. The van der Waals surface area contributed by atoms with Gasteiger partial charge in [0, 0.05) is 6.54 Å². The van der Waals surface area contributed by atoms with Crippen molar-refractivity contribution in [1.29, 1.82) is 0 Å². The van der Waals surface area contributed by atoms with Gasteiger partial charge in [-0.1, -0.05) is 17.7 Å². The SMILES string of the molecule is Cc1ccc2c(c1)CCN2S(=O)(=O)c1ccc2[nH]c(=O)[nH]c2c1. The first-order valence-electron chi connectivity index (χ1n) is 7.29. The monoisotopic (exact) mass is 329 g/mol. The van der Waals surface area contributed by atoms with Crippen LogP contribution in [0.1, 0.15) is 11.1 Å². The highest BCUT2D eigenvalue weighted by Gasteiger charge is 2.31. The van der Waals surface area contributed by atoms with Crippen LogP contribution < -0.4 is 9.99 Å². The molecule has 0 amide bonds. The number of benzene rings is 2. The highest BCUT2D eigenvalue weighted by molar-refractivity contribution is 7.92. The summed E-state index contributed by atoms with van der Waals surface area (Å²) in [7, 11) is -3.65. The van der Waals surface area contributed by atoms with Crippen LogP contribution in [-0.4, -0.2) is 24.9 Å². The number of anilines is 1. The topological polar surface area (TPSA) is 86.0 Å². The lowest BCUT2D eigenvalue weighted by Gasteiger charge is -2.19. The number of nitrogens with zero attached hydrogens (tertiary/aromatic N) is 1. The summed E-state index contributed by atoms with van der Waals surface area (Å²) in [4.78, 5) is 16.7. The second kappa shape index (κ2) is 4.73. The molecule has 0 unspecified atom stereocenters. The lowest BCUT2D eigenvalue weighted by Crippen LogP contribution is -2.29. The summed E-state index contributed by atoms with van der Waals surface area (Å²) >= 11 is 0. The summed E-state index contributed by atoms with van der Waals surface area (Å²) in [6.07, 6.45) is 0.708. The van der Waals surface area contributed by atoms with Gasteiger partial charge >= 0.3 is 5.69 Å². The Bertz CT molecular complexity index is 1080. The lowest BCUT2D eigenvalue weighted by atomic mass is 10.1. The Hall–Kier alpha value is -2.54. The molecule has 0 atom stereocenters. The fourth-order valence-electron chi connectivity index (χ4n) is 3.05. The number of aryl methyl sites for hydroxylation is 1. The summed E-state index contributed by atoms with van der Waals surface area (Å²) in [5.74, 6) is 0. The summed E-state index contributed by atoms with van der Waals surface area (Å²) in [6, 6.07) is 10.4. The third kappa shape index (κ3) is 2.16. The molecule has 118 valence electrons. The third-order valence-corrected chi connectivity index (χ3v) is 5.97. The zero-order valence-electron chi connectivity index (χ0n) is 12.5. The zero-order valence-corrected chi connectivity index (χ0v) is 13.3. The molecule has 3 aromatic rings. The molecule has 2 aromatic carbocycles. The van der Waals surface area contributed by atoms with Crippen molar-refractivity contribution in [3.8, 4) is 0 Å². The number of nitrogens with one attached hydrogen (secondary N) is 2. The Kier molecular flexibility index (Phi) is 2.89. The number of sulfonamides is 1.